The zero-order valence-electron chi connectivity index (χ0n) is 11.0. The van der Waals surface area contributed by atoms with E-state index in [0.717, 1.165) is 15.4 Å². The van der Waals surface area contributed by atoms with Crippen LogP contribution in [0.5, 0.6) is 0 Å². The van der Waals surface area contributed by atoms with E-state index in [0.29, 0.717) is 6.54 Å². The Labute approximate surface area is 116 Å². The zero-order valence-corrected chi connectivity index (χ0v) is 11.9. The highest BCUT2D eigenvalue weighted by molar-refractivity contribution is 7.11. The van der Waals surface area contributed by atoms with Crippen LogP contribution < -0.4 is 5.73 Å². The quantitative estimate of drug-likeness (QED) is 0.909. The van der Waals surface area contributed by atoms with Gasteiger partial charge < -0.3 is 5.73 Å². The second-order valence-corrected chi connectivity index (χ2v) is 5.80. The number of hydrogen-bond acceptors (Lipinski definition) is 4. The number of amides is 1. The van der Waals surface area contributed by atoms with Crippen molar-refractivity contribution < 1.29 is 4.79 Å². The molecule has 0 unspecified atom stereocenters. The van der Waals surface area contributed by atoms with E-state index < -0.39 is 6.04 Å². The maximum atomic E-state index is 11.7. The van der Waals surface area contributed by atoms with Crippen LogP contribution in [-0.4, -0.2) is 22.8 Å². The van der Waals surface area contributed by atoms with Gasteiger partial charge in [0.25, 0.3) is 0 Å². The summed E-state index contributed by atoms with van der Waals surface area (Å²) in [7, 11) is 1.90. The highest BCUT2D eigenvalue weighted by Gasteiger charge is 2.23. The summed E-state index contributed by atoms with van der Waals surface area (Å²) in [6, 6.07) is 9.18. The van der Waals surface area contributed by atoms with Gasteiger partial charge in [0.05, 0.1) is 5.01 Å². The number of rotatable bonds is 5. The first-order valence-corrected chi connectivity index (χ1v) is 6.85. The monoisotopic (exact) mass is 275 g/mol. The molecule has 1 heterocycles. The predicted molar refractivity (Wildman–Crippen MR) is 76.7 cm³/mol. The smallest absolute Gasteiger partial charge is 0.239 e. The fraction of sp³-hybridized carbons (Fsp3) is 0.286. The summed E-state index contributed by atoms with van der Waals surface area (Å²) in [4.78, 5) is 19.0. The molecular formula is C14H17N3OS. The van der Waals surface area contributed by atoms with Gasteiger partial charge in [0.2, 0.25) is 5.91 Å². The lowest BCUT2D eigenvalue weighted by molar-refractivity contribution is -0.123. The molecule has 100 valence electrons. The minimum Gasteiger partial charge on any atom is -0.368 e. The molecule has 0 spiro atoms. The number of likely N-dealkylation sites (N-methyl/N-ethyl adjacent to an activating group) is 1. The van der Waals surface area contributed by atoms with Gasteiger partial charge >= 0.3 is 0 Å². The van der Waals surface area contributed by atoms with Gasteiger partial charge in [-0.1, -0.05) is 30.3 Å². The van der Waals surface area contributed by atoms with Crippen LogP contribution in [0.3, 0.4) is 0 Å². The Bertz CT molecular complexity index is 553. The van der Waals surface area contributed by atoms with Crippen LogP contribution >= 0.6 is 11.3 Å². The molecule has 0 saturated carbocycles. The zero-order chi connectivity index (χ0) is 13.8. The molecule has 2 aromatic rings. The lowest BCUT2D eigenvalue weighted by atomic mass is 10.1. The molecule has 5 heteroatoms. The average molecular weight is 275 g/mol. The topological polar surface area (TPSA) is 59.2 Å². The Balaban J connectivity index is 2.18. The van der Waals surface area contributed by atoms with Crippen molar-refractivity contribution in [1.82, 2.24) is 9.88 Å². The average Bonchev–Trinajstić information content (AvgIpc) is 2.75. The van der Waals surface area contributed by atoms with Gasteiger partial charge in [0.1, 0.15) is 6.04 Å². The number of benzene rings is 1. The number of hydrogen-bond donors (Lipinski definition) is 1. The van der Waals surface area contributed by atoms with Crippen molar-refractivity contribution in [3.8, 4) is 0 Å². The molecule has 2 rings (SSSR count). The molecule has 2 N–H and O–H groups in total. The van der Waals surface area contributed by atoms with Crippen molar-refractivity contribution in [2.75, 3.05) is 7.05 Å². The maximum Gasteiger partial charge on any atom is 0.239 e. The number of carbonyl (C=O) groups is 1. The van der Waals surface area contributed by atoms with Gasteiger partial charge in [-0.3, -0.25) is 9.69 Å². The number of nitrogens with zero attached hydrogens (tertiary/aromatic N) is 2. The fourth-order valence-corrected chi connectivity index (χ4v) is 2.95. The van der Waals surface area contributed by atoms with Crippen LogP contribution in [0, 0.1) is 6.92 Å². The molecule has 4 nitrogen and oxygen atoms in total. The van der Waals surface area contributed by atoms with Crippen LogP contribution in [0.4, 0.5) is 0 Å². The molecular weight excluding hydrogens is 258 g/mol. The van der Waals surface area contributed by atoms with E-state index in [1.807, 2.05) is 55.4 Å². The van der Waals surface area contributed by atoms with E-state index in [1.54, 1.807) is 11.3 Å². The Morgan fingerprint density at radius 1 is 1.42 bits per heavy atom. The van der Waals surface area contributed by atoms with Crippen LogP contribution in [0.15, 0.2) is 36.5 Å². The molecule has 1 amide bonds. The van der Waals surface area contributed by atoms with Crippen LogP contribution in [0.25, 0.3) is 0 Å². The Morgan fingerprint density at radius 2 is 2.11 bits per heavy atom. The van der Waals surface area contributed by atoms with E-state index >= 15 is 0 Å². The normalized spacial score (nSPS) is 12.6. The summed E-state index contributed by atoms with van der Waals surface area (Å²) in [5.74, 6) is -0.338. The van der Waals surface area contributed by atoms with E-state index in [9.17, 15) is 4.79 Å². The van der Waals surface area contributed by atoms with Crippen LogP contribution in [0.2, 0.25) is 0 Å². The highest BCUT2D eigenvalue weighted by atomic mass is 32.1. The maximum absolute atomic E-state index is 11.7. The summed E-state index contributed by atoms with van der Waals surface area (Å²) < 4.78 is 0. The molecule has 19 heavy (non-hydrogen) atoms. The number of nitrogens with two attached hydrogens (primary N) is 1. The number of primary amides is 1. The number of aryl methyl sites for hydroxylation is 1. The van der Waals surface area contributed by atoms with Crippen molar-refractivity contribution in [2.45, 2.75) is 19.5 Å². The largest absolute Gasteiger partial charge is 0.368 e. The summed E-state index contributed by atoms with van der Waals surface area (Å²) in [6.45, 7) is 2.63. The van der Waals surface area contributed by atoms with Crippen LogP contribution in [-0.2, 0) is 11.3 Å². The van der Waals surface area contributed by atoms with E-state index in [4.69, 9.17) is 5.73 Å². The van der Waals surface area contributed by atoms with Gasteiger partial charge in [0.15, 0.2) is 0 Å². The summed E-state index contributed by atoms with van der Waals surface area (Å²) in [5, 5.41) is 1.03. The molecule has 1 atom stereocenters. The Kier molecular flexibility index (Phi) is 4.29. The first-order valence-electron chi connectivity index (χ1n) is 6.03. The van der Waals surface area contributed by atoms with Crippen molar-refractivity contribution in [3.63, 3.8) is 0 Å². The van der Waals surface area contributed by atoms with Gasteiger partial charge in [-0.05, 0) is 19.5 Å². The SMILES string of the molecule is Cc1ncc(CN(C)[C@H](C(N)=O)c2ccccc2)s1. The summed E-state index contributed by atoms with van der Waals surface area (Å²) in [6.07, 6.45) is 1.85. The third kappa shape index (κ3) is 3.39. The molecule has 1 aromatic carbocycles. The van der Waals surface area contributed by atoms with Crippen molar-refractivity contribution >= 4 is 17.2 Å². The van der Waals surface area contributed by atoms with Gasteiger partial charge in [0, 0.05) is 17.6 Å². The molecule has 0 bridgehead atoms. The minimum atomic E-state index is -0.413. The Hall–Kier alpha value is -1.72. The van der Waals surface area contributed by atoms with Crippen molar-refractivity contribution in [1.29, 1.82) is 0 Å². The molecule has 1 aromatic heterocycles. The second kappa shape index (κ2) is 5.95. The molecule has 0 fully saturated rings. The summed E-state index contributed by atoms with van der Waals surface area (Å²) in [5.41, 5.74) is 6.45. The lowest BCUT2D eigenvalue weighted by Gasteiger charge is -2.25. The van der Waals surface area contributed by atoms with Crippen molar-refractivity contribution in [3.05, 3.63) is 52.0 Å². The second-order valence-electron chi connectivity index (χ2n) is 4.48. The van der Waals surface area contributed by atoms with Gasteiger partial charge in [-0.15, -0.1) is 11.3 Å². The van der Waals surface area contributed by atoms with Gasteiger partial charge in [-0.2, -0.15) is 0 Å². The predicted octanol–water partition coefficient (Wildman–Crippen LogP) is 2.11. The third-order valence-corrected chi connectivity index (χ3v) is 3.80. The summed E-state index contributed by atoms with van der Waals surface area (Å²) >= 11 is 1.64. The van der Waals surface area contributed by atoms with Gasteiger partial charge in [-0.25, -0.2) is 4.98 Å². The molecule has 0 saturated heterocycles. The number of aromatic nitrogens is 1. The molecule has 0 aliphatic rings. The van der Waals surface area contributed by atoms with E-state index in [-0.39, 0.29) is 5.91 Å². The van der Waals surface area contributed by atoms with Crippen LogP contribution in [0.1, 0.15) is 21.5 Å². The molecule has 0 aliphatic carbocycles. The first-order chi connectivity index (χ1) is 9.08. The third-order valence-electron chi connectivity index (χ3n) is 2.90. The standard InChI is InChI=1S/C14H17N3OS/c1-10-16-8-12(19-10)9-17(2)13(14(15)18)11-6-4-3-5-7-11/h3-8,13H,9H2,1-2H3,(H2,15,18)/t13-/m0/s1. The Morgan fingerprint density at radius 3 is 2.63 bits per heavy atom. The fourth-order valence-electron chi connectivity index (χ4n) is 2.09. The first kappa shape index (κ1) is 13.7. The van der Waals surface area contributed by atoms with E-state index in [2.05, 4.69) is 4.98 Å². The molecule has 0 aliphatic heterocycles. The highest BCUT2D eigenvalue weighted by Crippen LogP contribution is 2.22. The minimum absolute atomic E-state index is 0.338. The number of carbonyl (C=O) groups excluding carboxylic acids is 1. The van der Waals surface area contributed by atoms with Crippen molar-refractivity contribution in [2.24, 2.45) is 5.73 Å². The molecule has 0 radical (unpaired) electrons. The van der Waals surface area contributed by atoms with E-state index in [1.165, 1.54) is 0 Å². The number of thiazole rings is 1. The lowest BCUT2D eigenvalue weighted by Crippen LogP contribution is -2.34.